The highest BCUT2D eigenvalue weighted by atomic mass is 16.1. The molecule has 2 aromatic rings. The van der Waals surface area contributed by atoms with Gasteiger partial charge in [-0.2, -0.15) is 10.1 Å². The Labute approximate surface area is 104 Å². The van der Waals surface area contributed by atoms with Gasteiger partial charge in [0.25, 0.3) is 5.91 Å². The number of carbonyl (C=O) groups is 1. The largest absolute Gasteiger partial charge is 0.387 e. The van der Waals surface area contributed by atoms with E-state index in [-0.39, 0.29) is 5.91 Å². The molecule has 94 valence electrons. The van der Waals surface area contributed by atoms with Gasteiger partial charge < -0.3 is 5.32 Å². The van der Waals surface area contributed by atoms with Crippen molar-refractivity contribution in [3.05, 3.63) is 29.8 Å². The molecule has 0 saturated carbocycles. The molecule has 2 aromatic heterocycles. The van der Waals surface area contributed by atoms with Crippen molar-refractivity contribution < 1.29 is 4.79 Å². The lowest BCUT2D eigenvalue weighted by molar-refractivity contribution is 0.102. The highest BCUT2D eigenvalue weighted by Crippen LogP contribution is 2.16. The maximum absolute atomic E-state index is 12.1. The van der Waals surface area contributed by atoms with Gasteiger partial charge >= 0.3 is 0 Å². The van der Waals surface area contributed by atoms with Crippen molar-refractivity contribution in [3.63, 3.8) is 0 Å². The second kappa shape index (κ2) is 4.82. The fourth-order valence-corrected chi connectivity index (χ4v) is 1.53. The van der Waals surface area contributed by atoms with E-state index in [2.05, 4.69) is 25.7 Å². The molecule has 0 fully saturated rings. The van der Waals surface area contributed by atoms with Gasteiger partial charge in [0.1, 0.15) is 6.33 Å². The van der Waals surface area contributed by atoms with Crippen LogP contribution in [0.4, 0.5) is 11.6 Å². The molecule has 0 aliphatic rings. The number of hydrogen-bond donors (Lipinski definition) is 2. The first-order valence-electron chi connectivity index (χ1n) is 5.41. The lowest BCUT2D eigenvalue weighted by atomic mass is 10.2. The van der Waals surface area contributed by atoms with Gasteiger partial charge in [0.05, 0.1) is 11.3 Å². The van der Waals surface area contributed by atoms with Crippen molar-refractivity contribution in [1.82, 2.24) is 19.7 Å². The fourth-order valence-electron chi connectivity index (χ4n) is 1.53. The number of nitrogens with zero attached hydrogens (tertiary/aromatic N) is 4. The smallest absolute Gasteiger partial charge is 0.261 e. The van der Waals surface area contributed by atoms with Gasteiger partial charge in [-0.25, -0.2) is 4.68 Å². The molecule has 0 saturated heterocycles. The summed E-state index contributed by atoms with van der Waals surface area (Å²) in [5.74, 6) is 0.116. The minimum absolute atomic E-state index is 0.275. The van der Waals surface area contributed by atoms with Gasteiger partial charge in [0.2, 0.25) is 5.95 Å². The topological polar surface area (TPSA) is 84.7 Å². The van der Waals surface area contributed by atoms with Crippen molar-refractivity contribution >= 4 is 17.5 Å². The zero-order valence-electron chi connectivity index (χ0n) is 10.4. The number of aromatic nitrogens is 4. The number of carbonyl (C=O) groups excluding carboxylic acids is 1. The maximum Gasteiger partial charge on any atom is 0.261 e. The summed E-state index contributed by atoms with van der Waals surface area (Å²) in [5, 5.41) is 9.52. The average Bonchev–Trinajstić information content (AvgIpc) is 2.74. The highest BCUT2D eigenvalue weighted by molar-refractivity contribution is 6.07. The number of anilines is 2. The van der Waals surface area contributed by atoms with E-state index in [1.807, 2.05) is 13.0 Å². The third kappa shape index (κ3) is 2.29. The van der Waals surface area contributed by atoms with Gasteiger partial charge in [0.15, 0.2) is 0 Å². The number of amides is 1. The van der Waals surface area contributed by atoms with Crippen LogP contribution in [-0.4, -0.2) is 32.7 Å². The Kier molecular flexibility index (Phi) is 3.22. The molecule has 7 nitrogen and oxygen atoms in total. The Morgan fingerprint density at radius 1 is 1.39 bits per heavy atom. The molecule has 0 aromatic carbocycles. The van der Waals surface area contributed by atoms with Crippen LogP contribution in [0, 0.1) is 6.92 Å². The summed E-state index contributed by atoms with van der Waals surface area (Å²) in [7, 11) is 3.46. The zero-order valence-corrected chi connectivity index (χ0v) is 10.4. The van der Waals surface area contributed by atoms with Crippen molar-refractivity contribution in [2.45, 2.75) is 6.92 Å². The normalized spacial score (nSPS) is 10.2. The summed E-state index contributed by atoms with van der Waals surface area (Å²) >= 11 is 0. The molecule has 0 radical (unpaired) electrons. The number of rotatable bonds is 3. The van der Waals surface area contributed by atoms with Crippen LogP contribution in [0.5, 0.6) is 0 Å². The van der Waals surface area contributed by atoms with E-state index >= 15 is 0 Å². The molecular weight excluding hydrogens is 232 g/mol. The van der Waals surface area contributed by atoms with Crippen LogP contribution in [0.3, 0.4) is 0 Å². The molecule has 0 atom stereocenters. The van der Waals surface area contributed by atoms with E-state index < -0.39 is 0 Å². The van der Waals surface area contributed by atoms with E-state index in [0.29, 0.717) is 11.5 Å². The molecule has 7 heteroatoms. The molecule has 0 unspecified atom stereocenters. The monoisotopic (exact) mass is 246 g/mol. The Morgan fingerprint density at radius 3 is 2.78 bits per heavy atom. The van der Waals surface area contributed by atoms with Crippen molar-refractivity contribution in [1.29, 1.82) is 0 Å². The SMILES string of the molecule is CNc1cc(C)ncc1C(=O)Nc1ncnn1C. The van der Waals surface area contributed by atoms with Gasteiger partial charge in [-0.05, 0) is 13.0 Å². The van der Waals surface area contributed by atoms with Crippen molar-refractivity contribution in [2.24, 2.45) is 7.05 Å². The summed E-state index contributed by atoms with van der Waals surface area (Å²) < 4.78 is 1.48. The summed E-state index contributed by atoms with van der Waals surface area (Å²) in [6.45, 7) is 1.87. The minimum atomic E-state index is -0.275. The van der Waals surface area contributed by atoms with Crippen molar-refractivity contribution in [3.8, 4) is 0 Å². The van der Waals surface area contributed by atoms with E-state index in [9.17, 15) is 4.79 Å². The molecule has 0 bridgehead atoms. The summed E-state index contributed by atoms with van der Waals surface area (Å²) in [6.07, 6.45) is 2.91. The maximum atomic E-state index is 12.1. The molecule has 0 spiro atoms. The Hall–Kier alpha value is -2.44. The number of aryl methyl sites for hydroxylation is 2. The second-order valence-corrected chi connectivity index (χ2v) is 3.78. The van der Waals surface area contributed by atoms with E-state index in [1.54, 1.807) is 14.1 Å². The van der Waals surface area contributed by atoms with Gasteiger partial charge in [-0.3, -0.25) is 15.1 Å². The van der Waals surface area contributed by atoms with Gasteiger partial charge in [0, 0.05) is 26.0 Å². The molecule has 0 aliphatic carbocycles. The first kappa shape index (κ1) is 12.0. The zero-order chi connectivity index (χ0) is 13.1. The van der Waals surface area contributed by atoms with Crippen LogP contribution in [0.25, 0.3) is 0 Å². The number of pyridine rings is 1. The first-order chi connectivity index (χ1) is 8.61. The van der Waals surface area contributed by atoms with Crippen LogP contribution in [0.15, 0.2) is 18.6 Å². The highest BCUT2D eigenvalue weighted by Gasteiger charge is 2.13. The van der Waals surface area contributed by atoms with Gasteiger partial charge in [-0.15, -0.1) is 0 Å². The third-order valence-corrected chi connectivity index (χ3v) is 2.49. The van der Waals surface area contributed by atoms with Crippen LogP contribution in [0.1, 0.15) is 16.1 Å². The standard InChI is InChI=1S/C11H14N6O/c1-7-4-9(12-2)8(5-13-7)10(18)16-11-14-6-15-17(11)3/h4-6H,1-3H3,(H,12,13)(H,14,15,16,18). The predicted molar refractivity (Wildman–Crippen MR) is 67.5 cm³/mol. The minimum Gasteiger partial charge on any atom is -0.387 e. The lowest BCUT2D eigenvalue weighted by Crippen LogP contribution is -2.17. The van der Waals surface area contributed by atoms with E-state index in [1.165, 1.54) is 17.2 Å². The van der Waals surface area contributed by atoms with Crippen LogP contribution < -0.4 is 10.6 Å². The third-order valence-electron chi connectivity index (χ3n) is 2.49. The van der Waals surface area contributed by atoms with E-state index in [0.717, 1.165) is 11.4 Å². The first-order valence-corrected chi connectivity index (χ1v) is 5.41. The quantitative estimate of drug-likeness (QED) is 0.837. The molecule has 2 heterocycles. The van der Waals surface area contributed by atoms with Crippen LogP contribution >= 0.6 is 0 Å². The average molecular weight is 246 g/mol. The predicted octanol–water partition coefficient (Wildman–Crippen LogP) is 0.813. The summed E-state index contributed by atoms with van der Waals surface area (Å²) in [5.41, 5.74) is 2.03. The number of hydrogen-bond acceptors (Lipinski definition) is 5. The van der Waals surface area contributed by atoms with E-state index in [4.69, 9.17) is 0 Å². The molecule has 2 rings (SSSR count). The Bertz CT molecular complexity index is 577. The van der Waals surface area contributed by atoms with Crippen LogP contribution in [0.2, 0.25) is 0 Å². The van der Waals surface area contributed by atoms with Crippen LogP contribution in [-0.2, 0) is 7.05 Å². The fraction of sp³-hybridized carbons (Fsp3) is 0.273. The molecule has 0 aliphatic heterocycles. The lowest BCUT2D eigenvalue weighted by Gasteiger charge is -2.09. The number of nitrogens with one attached hydrogen (secondary N) is 2. The summed E-state index contributed by atoms with van der Waals surface area (Å²) in [4.78, 5) is 20.1. The molecule has 18 heavy (non-hydrogen) atoms. The molecule has 2 N–H and O–H groups in total. The second-order valence-electron chi connectivity index (χ2n) is 3.78. The molecule has 1 amide bonds. The van der Waals surface area contributed by atoms with Gasteiger partial charge in [-0.1, -0.05) is 0 Å². The Morgan fingerprint density at radius 2 is 2.17 bits per heavy atom. The van der Waals surface area contributed by atoms with Crippen molar-refractivity contribution in [2.75, 3.05) is 17.7 Å². The summed E-state index contributed by atoms with van der Waals surface area (Å²) in [6, 6.07) is 1.81. The molecular formula is C11H14N6O. The Balaban J connectivity index is 2.26.